The molecule has 3 aromatic rings. The Hall–Kier alpha value is -2.60. The number of fused-ring (bicyclic) bond motifs is 3. The average Bonchev–Trinajstić information content (AvgIpc) is 3.37. The van der Waals surface area contributed by atoms with Gasteiger partial charge in [0, 0.05) is 44.5 Å². The fraction of sp³-hybridized carbons (Fsp3) is 0.400. The van der Waals surface area contributed by atoms with Gasteiger partial charge in [0.2, 0.25) is 0 Å². The van der Waals surface area contributed by atoms with E-state index in [2.05, 4.69) is 5.32 Å². The van der Waals surface area contributed by atoms with Crippen LogP contribution in [0.25, 0.3) is 16.6 Å². The van der Waals surface area contributed by atoms with E-state index in [1.807, 2.05) is 50.4 Å². The second kappa shape index (κ2) is 5.99. The number of hydrogen-bond donors (Lipinski definition) is 1. The Morgan fingerprint density at radius 1 is 1.08 bits per heavy atom. The lowest BCUT2D eigenvalue weighted by molar-refractivity contribution is 0.0736. The van der Waals surface area contributed by atoms with Crippen molar-refractivity contribution in [3.8, 4) is 0 Å². The molecule has 2 fully saturated rings. The number of piperazine rings is 1. The standard InChI is InChI=1S/C20H22N4O2/c25-19(22-10-7-21-8-11-22)15-5-6-16-18(12-15)24(13-14-3-4-14)20(26)17-2-1-9-23(16)17/h1-2,5-6,9,12,14,21H,3-4,7-8,10-11,13H2. The Morgan fingerprint density at radius 3 is 2.65 bits per heavy atom. The number of nitrogens with zero attached hydrogens (tertiary/aromatic N) is 3. The third-order valence-corrected chi connectivity index (χ3v) is 5.53. The fourth-order valence-corrected chi connectivity index (χ4v) is 3.88. The minimum absolute atomic E-state index is 0.0289. The van der Waals surface area contributed by atoms with Crippen molar-refractivity contribution in [1.29, 1.82) is 0 Å². The minimum atomic E-state index is 0.0289. The molecule has 6 heteroatoms. The van der Waals surface area contributed by atoms with E-state index in [4.69, 9.17) is 0 Å². The van der Waals surface area contributed by atoms with Crippen LogP contribution >= 0.6 is 0 Å². The van der Waals surface area contributed by atoms with Crippen molar-refractivity contribution in [3.05, 3.63) is 52.4 Å². The molecule has 0 radical (unpaired) electrons. The molecule has 26 heavy (non-hydrogen) atoms. The Kier molecular flexibility index (Phi) is 3.60. The molecule has 0 bridgehead atoms. The van der Waals surface area contributed by atoms with Crippen LogP contribution in [0.5, 0.6) is 0 Å². The maximum atomic E-state index is 13.0. The first-order chi connectivity index (χ1) is 12.7. The SMILES string of the molecule is O=C(c1ccc2c(c1)n(CC1CC1)c(=O)c1cccn12)N1CCNCC1. The number of benzene rings is 1. The van der Waals surface area contributed by atoms with Gasteiger partial charge >= 0.3 is 0 Å². The highest BCUT2D eigenvalue weighted by Gasteiger charge is 2.25. The molecule has 6 nitrogen and oxygen atoms in total. The summed E-state index contributed by atoms with van der Waals surface area (Å²) >= 11 is 0. The Bertz CT molecular complexity index is 1050. The maximum Gasteiger partial charge on any atom is 0.275 e. The number of carbonyl (C=O) groups excluding carboxylic acids is 1. The molecule has 3 heterocycles. The summed E-state index contributed by atoms with van der Waals surface area (Å²) < 4.78 is 3.80. The Balaban J connectivity index is 1.67. The van der Waals surface area contributed by atoms with Crippen molar-refractivity contribution >= 4 is 22.5 Å². The van der Waals surface area contributed by atoms with Crippen molar-refractivity contribution < 1.29 is 4.79 Å². The summed E-state index contributed by atoms with van der Waals surface area (Å²) in [5.74, 6) is 0.632. The van der Waals surface area contributed by atoms with Crippen LogP contribution in [0.2, 0.25) is 0 Å². The smallest absolute Gasteiger partial charge is 0.275 e. The van der Waals surface area contributed by atoms with Crippen molar-refractivity contribution in [3.63, 3.8) is 0 Å². The highest BCUT2D eigenvalue weighted by atomic mass is 16.2. The first kappa shape index (κ1) is 15.6. The number of aromatic nitrogens is 2. The van der Waals surface area contributed by atoms with Crippen LogP contribution in [-0.2, 0) is 6.54 Å². The summed E-state index contributed by atoms with van der Waals surface area (Å²) in [7, 11) is 0. The lowest BCUT2D eigenvalue weighted by Gasteiger charge is -2.27. The van der Waals surface area contributed by atoms with E-state index in [1.54, 1.807) is 0 Å². The summed E-state index contributed by atoms with van der Waals surface area (Å²) in [6.45, 7) is 3.85. The van der Waals surface area contributed by atoms with Gasteiger partial charge in [-0.25, -0.2) is 0 Å². The molecular weight excluding hydrogens is 328 g/mol. The summed E-state index contributed by atoms with van der Waals surface area (Å²) in [6, 6.07) is 9.53. The Morgan fingerprint density at radius 2 is 1.88 bits per heavy atom. The summed E-state index contributed by atoms with van der Waals surface area (Å²) in [4.78, 5) is 27.8. The summed E-state index contributed by atoms with van der Waals surface area (Å²) in [5, 5.41) is 3.27. The number of hydrogen-bond acceptors (Lipinski definition) is 3. The zero-order valence-electron chi connectivity index (χ0n) is 14.6. The monoisotopic (exact) mass is 350 g/mol. The average molecular weight is 350 g/mol. The van der Waals surface area contributed by atoms with Crippen molar-refractivity contribution in [2.75, 3.05) is 26.2 Å². The molecule has 1 saturated heterocycles. The number of amides is 1. The van der Waals surface area contributed by atoms with Crippen molar-refractivity contribution in [2.45, 2.75) is 19.4 Å². The van der Waals surface area contributed by atoms with Crippen LogP contribution < -0.4 is 10.9 Å². The molecule has 134 valence electrons. The van der Waals surface area contributed by atoms with E-state index in [0.717, 1.165) is 43.8 Å². The molecule has 0 atom stereocenters. The van der Waals surface area contributed by atoms with Gasteiger partial charge in [0.25, 0.3) is 11.5 Å². The third kappa shape index (κ3) is 2.52. The number of carbonyl (C=O) groups is 1. The first-order valence-electron chi connectivity index (χ1n) is 9.36. The van der Waals surface area contributed by atoms with E-state index in [9.17, 15) is 9.59 Å². The molecule has 1 aliphatic heterocycles. The predicted octanol–water partition coefficient (Wildman–Crippen LogP) is 1.71. The molecule has 1 aliphatic carbocycles. The van der Waals surface area contributed by atoms with Gasteiger partial charge in [-0.15, -0.1) is 0 Å². The minimum Gasteiger partial charge on any atom is -0.336 e. The van der Waals surface area contributed by atoms with Crippen LogP contribution in [0.1, 0.15) is 23.2 Å². The molecular formula is C20H22N4O2. The van der Waals surface area contributed by atoms with Gasteiger partial charge in [0.1, 0.15) is 5.52 Å². The highest BCUT2D eigenvalue weighted by Crippen LogP contribution is 2.31. The van der Waals surface area contributed by atoms with E-state index >= 15 is 0 Å². The second-order valence-corrected chi connectivity index (χ2v) is 7.37. The Labute approximate surface area is 151 Å². The van der Waals surface area contributed by atoms with Gasteiger partial charge in [0.05, 0.1) is 11.0 Å². The number of nitrogens with one attached hydrogen (secondary N) is 1. The van der Waals surface area contributed by atoms with Gasteiger partial charge < -0.3 is 19.2 Å². The highest BCUT2D eigenvalue weighted by molar-refractivity contribution is 5.97. The molecule has 5 rings (SSSR count). The van der Waals surface area contributed by atoms with E-state index in [0.29, 0.717) is 17.0 Å². The van der Waals surface area contributed by atoms with Crippen molar-refractivity contribution in [2.24, 2.45) is 5.92 Å². The summed E-state index contributed by atoms with van der Waals surface area (Å²) in [6.07, 6.45) is 4.28. The fourth-order valence-electron chi connectivity index (χ4n) is 3.88. The molecule has 1 N–H and O–H groups in total. The topological polar surface area (TPSA) is 58.8 Å². The largest absolute Gasteiger partial charge is 0.336 e. The van der Waals surface area contributed by atoms with Gasteiger partial charge in [-0.05, 0) is 49.1 Å². The third-order valence-electron chi connectivity index (χ3n) is 5.53. The van der Waals surface area contributed by atoms with Gasteiger partial charge in [0.15, 0.2) is 0 Å². The van der Waals surface area contributed by atoms with Gasteiger partial charge in [-0.1, -0.05) is 0 Å². The normalized spacial score (nSPS) is 17.9. The zero-order valence-corrected chi connectivity index (χ0v) is 14.6. The lowest BCUT2D eigenvalue weighted by Crippen LogP contribution is -2.46. The van der Waals surface area contributed by atoms with Crippen LogP contribution in [0.15, 0.2) is 41.3 Å². The van der Waals surface area contributed by atoms with Gasteiger partial charge in [-0.3, -0.25) is 9.59 Å². The molecule has 0 unspecified atom stereocenters. The van der Waals surface area contributed by atoms with Gasteiger partial charge in [-0.2, -0.15) is 0 Å². The van der Waals surface area contributed by atoms with E-state index in [1.165, 1.54) is 12.8 Å². The summed E-state index contributed by atoms with van der Waals surface area (Å²) in [5.41, 5.74) is 3.21. The van der Waals surface area contributed by atoms with Crippen molar-refractivity contribution in [1.82, 2.24) is 19.2 Å². The lowest BCUT2D eigenvalue weighted by atomic mass is 10.1. The molecule has 1 amide bonds. The molecule has 1 aromatic carbocycles. The predicted molar refractivity (Wildman–Crippen MR) is 101 cm³/mol. The van der Waals surface area contributed by atoms with Crippen LogP contribution in [-0.4, -0.2) is 46.0 Å². The van der Waals surface area contributed by atoms with E-state index in [-0.39, 0.29) is 11.5 Å². The molecule has 2 aliphatic rings. The van der Waals surface area contributed by atoms with Crippen LogP contribution in [0.4, 0.5) is 0 Å². The van der Waals surface area contributed by atoms with E-state index < -0.39 is 0 Å². The second-order valence-electron chi connectivity index (χ2n) is 7.37. The van der Waals surface area contributed by atoms with Crippen LogP contribution in [0.3, 0.4) is 0 Å². The van der Waals surface area contributed by atoms with Crippen LogP contribution in [0, 0.1) is 5.92 Å². The quantitative estimate of drug-likeness (QED) is 0.782. The number of rotatable bonds is 3. The molecule has 1 saturated carbocycles. The molecule has 0 spiro atoms. The first-order valence-corrected chi connectivity index (χ1v) is 9.36. The zero-order chi connectivity index (χ0) is 17.7. The maximum absolute atomic E-state index is 13.0. The molecule has 2 aromatic heterocycles.